The van der Waals surface area contributed by atoms with E-state index in [-0.39, 0.29) is 12.5 Å². The molecule has 5 nitrogen and oxygen atoms in total. The van der Waals surface area contributed by atoms with E-state index < -0.39 is 6.03 Å². The number of anilines is 1. The first kappa shape index (κ1) is 12.5. The second-order valence-electron chi connectivity index (χ2n) is 2.99. The first-order chi connectivity index (χ1) is 7.61. The van der Waals surface area contributed by atoms with Crippen LogP contribution in [0.5, 0.6) is 0 Å². The lowest BCUT2D eigenvalue weighted by molar-refractivity contribution is -0.118. The van der Waals surface area contributed by atoms with Crippen molar-refractivity contribution in [3.8, 4) is 0 Å². The van der Waals surface area contributed by atoms with Crippen molar-refractivity contribution in [2.24, 2.45) is 0 Å². The van der Waals surface area contributed by atoms with E-state index in [4.69, 9.17) is 0 Å². The number of halogens is 1. The standard InChI is InChI=1S/C10H12BrN3O2/c1-12-10(16)14-9(15)6-13-8-4-2-7(11)3-5-8/h2-5,13H,6H2,1H3,(H2,12,14,15,16). The van der Waals surface area contributed by atoms with Crippen molar-refractivity contribution >= 4 is 33.6 Å². The number of urea groups is 1. The third-order valence-electron chi connectivity index (χ3n) is 1.78. The summed E-state index contributed by atoms with van der Waals surface area (Å²) in [5, 5.41) is 7.34. The van der Waals surface area contributed by atoms with Gasteiger partial charge >= 0.3 is 6.03 Å². The number of hydrogen-bond acceptors (Lipinski definition) is 3. The van der Waals surface area contributed by atoms with Gasteiger partial charge in [0, 0.05) is 17.2 Å². The van der Waals surface area contributed by atoms with E-state index in [9.17, 15) is 9.59 Å². The summed E-state index contributed by atoms with van der Waals surface area (Å²) in [5.41, 5.74) is 0.815. The van der Waals surface area contributed by atoms with Crippen LogP contribution in [0.3, 0.4) is 0 Å². The molecular formula is C10H12BrN3O2. The molecule has 3 amide bonds. The lowest BCUT2D eigenvalue weighted by Crippen LogP contribution is -2.40. The van der Waals surface area contributed by atoms with Crippen molar-refractivity contribution in [3.63, 3.8) is 0 Å². The van der Waals surface area contributed by atoms with Crippen molar-refractivity contribution < 1.29 is 9.59 Å². The third kappa shape index (κ3) is 4.31. The SMILES string of the molecule is CNC(=O)NC(=O)CNc1ccc(Br)cc1. The maximum atomic E-state index is 11.2. The normalized spacial score (nSPS) is 9.38. The van der Waals surface area contributed by atoms with Crippen LogP contribution < -0.4 is 16.0 Å². The molecule has 0 aliphatic heterocycles. The second kappa shape index (κ2) is 6.12. The molecule has 16 heavy (non-hydrogen) atoms. The highest BCUT2D eigenvalue weighted by atomic mass is 79.9. The van der Waals surface area contributed by atoms with Gasteiger partial charge in [-0.05, 0) is 24.3 Å². The molecule has 0 saturated carbocycles. The van der Waals surface area contributed by atoms with Crippen LogP contribution >= 0.6 is 15.9 Å². The molecule has 86 valence electrons. The maximum Gasteiger partial charge on any atom is 0.321 e. The van der Waals surface area contributed by atoms with Gasteiger partial charge in [-0.15, -0.1) is 0 Å². The van der Waals surface area contributed by atoms with E-state index in [1.165, 1.54) is 7.05 Å². The Balaban J connectivity index is 2.37. The average Bonchev–Trinajstić information content (AvgIpc) is 2.28. The number of rotatable bonds is 3. The fourth-order valence-electron chi connectivity index (χ4n) is 0.983. The summed E-state index contributed by atoms with van der Waals surface area (Å²) in [7, 11) is 1.45. The molecule has 1 rings (SSSR count). The van der Waals surface area contributed by atoms with E-state index in [0.717, 1.165) is 10.2 Å². The largest absolute Gasteiger partial charge is 0.376 e. The molecule has 0 unspecified atom stereocenters. The van der Waals surface area contributed by atoms with Gasteiger partial charge in [0.2, 0.25) is 5.91 Å². The Hall–Kier alpha value is -1.56. The van der Waals surface area contributed by atoms with Gasteiger partial charge in [0.05, 0.1) is 6.54 Å². The number of carbonyl (C=O) groups is 2. The summed E-state index contributed by atoms with van der Waals surface area (Å²) in [6.45, 7) is 0.0506. The van der Waals surface area contributed by atoms with Gasteiger partial charge in [0.25, 0.3) is 0 Å². The molecule has 0 bridgehead atoms. The van der Waals surface area contributed by atoms with Crippen LogP contribution in [0.4, 0.5) is 10.5 Å². The Morgan fingerprint density at radius 1 is 1.25 bits per heavy atom. The van der Waals surface area contributed by atoms with Crippen molar-refractivity contribution in [2.45, 2.75) is 0 Å². The summed E-state index contributed by atoms with van der Waals surface area (Å²) >= 11 is 3.31. The average molecular weight is 286 g/mol. The molecule has 0 saturated heterocycles. The summed E-state index contributed by atoms with van der Waals surface area (Å²) < 4.78 is 0.966. The van der Waals surface area contributed by atoms with Crippen molar-refractivity contribution in [1.82, 2.24) is 10.6 Å². The van der Waals surface area contributed by atoms with Crippen LogP contribution in [0.1, 0.15) is 0 Å². The maximum absolute atomic E-state index is 11.2. The number of imide groups is 1. The molecular weight excluding hydrogens is 274 g/mol. The molecule has 0 aliphatic carbocycles. The van der Waals surface area contributed by atoms with Crippen molar-refractivity contribution in [3.05, 3.63) is 28.7 Å². The smallest absolute Gasteiger partial charge is 0.321 e. The molecule has 1 aromatic rings. The molecule has 0 atom stereocenters. The highest BCUT2D eigenvalue weighted by Gasteiger charge is 2.04. The summed E-state index contributed by atoms with van der Waals surface area (Å²) in [6.07, 6.45) is 0. The summed E-state index contributed by atoms with van der Waals surface area (Å²) in [4.78, 5) is 22.0. The predicted octanol–water partition coefficient (Wildman–Crippen LogP) is 1.32. The molecule has 0 fully saturated rings. The Kier molecular flexibility index (Phi) is 4.78. The fourth-order valence-corrected chi connectivity index (χ4v) is 1.25. The molecule has 0 radical (unpaired) electrons. The van der Waals surface area contributed by atoms with Crippen LogP contribution in [0.25, 0.3) is 0 Å². The fraction of sp³-hybridized carbons (Fsp3) is 0.200. The Bertz CT molecular complexity index is 378. The topological polar surface area (TPSA) is 70.2 Å². The van der Waals surface area contributed by atoms with E-state index in [1.807, 2.05) is 24.3 Å². The zero-order valence-corrected chi connectivity index (χ0v) is 10.3. The van der Waals surface area contributed by atoms with E-state index >= 15 is 0 Å². The number of benzene rings is 1. The number of amides is 3. The van der Waals surface area contributed by atoms with Gasteiger partial charge in [-0.1, -0.05) is 15.9 Å². The second-order valence-corrected chi connectivity index (χ2v) is 3.90. The lowest BCUT2D eigenvalue weighted by Gasteiger charge is -2.06. The molecule has 6 heteroatoms. The summed E-state index contributed by atoms with van der Waals surface area (Å²) in [5.74, 6) is -0.387. The van der Waals surface area contributed by atoms with Crippen molar-refractivity contribution in [1.29, 1.82) is 0 Å². The molecule has 0 spiro atoms. The van der Waals surface area contributed by atoms with E-state index in [0.29, 0.717) is 0 Å². The third-order valence-corrected chi connectivity index (χ3v) is 2.31. The van der Waals surface area contributed by atoms with Gasteiger partial charge in [-0.3, -0.25) is 10.1 Å². The van der Waals surface area contributed by atoms with Gasteiger partial charge in [-0.2, -0.15) is 0 Å². The van der Waals surface area contributed by atoms with Crippen LogP contribution in [0, 0.1) is 0 Å². The minimum atomic E-state index is -0.511. The van der Waals surface area contributed by atoms with Crippen LogP contribution in [-0.4, -0.2) is 25.5 Å². The van der Waals surface area contributed by atoms with E-state index in [1.54, 1.807) is 0 Å². The zero-order chi connectivity index (χ0) is 12.0. The minimum absolute atomic E-state index is 0.0506. The molecule has 3 N–H and O–H groups in total. The monoisotopic (exact) mass is 285 g/mol. The minimum Gasteiger partial charge on any atom is -0.376 e. The van der Waals surface area contributed by atoms with Crippen molar-refractivity contribution in [2.75, 3.05) is 18.9 Å². The molecule has 0 aliphatic rings. The highest BCUT2D eigenvalue weighted by Crippen LogP contribution is 2.13. The molecule has 0 aromatic heterocycles. The van der Waals surface area contributed by atoms with Gasteiger partial charge in [0.15, 0.2) is 0 Å². The first-order valence-corrected chi connectivity index (χ1v) is 5.42. The quantitative estimate of drug-likeness (QED) is 0.784. The van der Waals surface area contributed by atoms with Gasteiger partial charge in [0.1, 0.15) is 0 Å². The van der Waals surface area contributed by atoms with Gasteiger partial charge in [-0.25, -0.2) is 4.79 Å². The number of nitrogens with one attached hydrogen (secondary N) is 3. The van der Waals surface area contributed by atoms with Crippen LogP contribution in [0.2, 0.25) is 0 Å². The predicted molar refractivity (Wildman–Crippen MR) is 65.2 cm³/mol. The molecule has 1 aromatic carbocycles. The lowest BCUT2D eigenvalue weighted by atomic mass is 10.3. The molecule has 0 heterocycles. The Labute approximate surface area is 102 Å². The van der Waals surface area contributed by atoms with Crippen LogP contribution in [-0.2, 0) is 4.79 Å². The first-order valence-electron chi connectivity index (χ1n) is 4.63. The van der Waals surface area contributed by atoms with E-state index in [2.05, 4.69) is 31.9 Å². The number of carbonyl (C=O) groups excluding carboxylic acids is 2. The van der Waals surface area contributed by atoms with Crippen LogP contribution in [0.15, 0.2) is 28.7 Å². The highest BCUT2D eigenvalue weighted by molar-refractivity contribution is 9.10. The van der Waals surface area contributed by atoms with Gasteiger partial charge < -0.3 is 10.6 Å². The zero-order valence-electron chi connectivity index (χ0n) is 8.71. The Morgan fingerprint density at radius 2 is 1.88 bits per heavy atom. The Morgan fingerprint density at radius 3 is 2.44 bits per heavy atom. The number of hydrogen-bond donors (Lipinski definition) is 3. The summed E-state index contributed by atoms with van der Waals surface area (Å²) in [6, 6.07) is 6.87.